The van der Waals surface area contributed by atoms with Gasteiger partial charge in [-0.3, -0.25) is 9.59 Å². The first-order valence-corrected chi connectivity index (χ1v) is 11.0. The van der Waals surface area contributed by atoms with Crippen molar-refractivity contribution in [3.05, 3.63) is 75.3 Å². The van der Waals surface area contributed by atoms with Crippen molar-refractivity contribution in [2.45, 2.75) is 20.0 Å². The van der Waals surface area contributed by atoms with E-state index in [9.17, 15) is 9.59 Å². The molecular weight excluding hydrogens is 435 g/mol. The molecule has 31 heavy (non-hydrogen) atoms. The Morgan fingerprint density at radius 1 is 1.06 bits per heavy atom. The molecule has 3 aliphatic rings. The van der Waals surface area contributed by atoms with Gasteiger partial charge < -0.3 is 4.74 Å². The Bertz CT molecular complexity index is 1090. The maximum atomic E-state index is 12.7. The minimum Gasteiger partial charge on any atom is -0.486 e. The van der Waals surface area contributed by atoms with Gasteiger partial charge >= 0.3 is 0 Å². The summed E-state index contributed by atoms with van der Waals surface area (Å²) in [7, 11) is 0. The second kappa shape index (κ2) is 7.81. The van der Waals surface area contributed by atoms with Crippen LogP contribution in [-0.4, -0.2) is 23.0 Å². The fourth-order valence-electron chi connectivity index (χ4n) is 4.87. The minimum absolute atomic E-state index is 0.153. The molecule has 0 spiro atoms. The third kappa shape index (κ3) is 3.56. The van der Waals surface area contributed by atoms with E-state index >= 15 is 0 Å². The lowest BCUT2D eigenvalue weighted by Crippen LogP contribution is -2.28. The zero-order valence-corrected chi connectivity index (χ0v) is 18.3. The van der Waals surface area contributed by atoms with Gasteiger partial charge in [0.1, 0.15) is 6.61 Å². The molecule has 4 atom stereocenters. The number of carbonyl (C=O) groups is 2. The summed E-state index contributed by atoms with van der Waals surface area (Å²) in [4.78, 5) is 25.5. The topological polar surface area (TPSA) is 59.0 Å². The number of hydrogen-bond donors (Lipinski definition) is 0. The average molecular weight is 455 g/mol. The number of benzene rings is 2. The molecule has 7 heteroatoms. The molecule has 2 aromatic rings. The van der Waals surface area contributed by atoms with Crippen LogP contribution in [0.15, 0.2) is 53.7 Å². The Kier molecular flexibility index (Phi) is 5.11. The standard InChI is InChI=1S/C24H20Cl2N2O3/c1-13-3-2-4-14(7-13)12-31-22-18(25)8-15(9-19(22)26)11-27-28-23(29)20-16-5-6-17(10-16)21(20)24(28)30/h2-9,11,16-17,20-21H,10,12H2,1H3/t16-,17-,20-,21+/m0/s1. The van der Waals surface area contributed by atoms with Gasteiger partial charge in [0.25, 0.3) is 11.8 Å². The lowest BCUT2D eigenvalue weighted by atomic mass is 9.85. The van der Waals surface area contributed by atoms with E-state index in [0.717, 1.165) is 22.6 Å². The summed E-state index contributed by atoms with van der Waals surface area (Å²) in [5, 5.41) is 5.84. The molecule has 1 heterocycles. The second-order valence-corrected chi connectivity index (χ2v) is 9.14. The number of amides is 2. The van der Waals surface area contributed by atoms with Crippen LogP contribution in [0.2, 0.25) is 10.0 Å². The van der Waals surface area contributed by atoms with E-state index in [1.54, 1.807) is 12.1 Å². The predicted molar refractivity (Wildman–Crippen MR) is 119 cm³/mol. The number of imide groups is 1. The van der Waals surface area contributed by atoms with Gasteiger partial charge in [-0.05, 0) is 48.4 Å². The number of carbonyl (C=O) groups excluding carboxylic acids is 2. The second-order valence-electron chi connectivity index (χ2n) is 8.32. The van der Waals surface area contributed by atoms with E-state index < -0.39 is 0 Å². The van der Waals surface area contributed by atoms with Gasteiger partial charge in [0.15, 0.2) is 5.75 Å². The number of rotatable bonds is 5. The normalized spacial score (nSPS) is 26.4. The van der Waals surface area contributed by atoms with Crippen LogP contribution >= 0.6 is 23.2 Å². The molecule has 2 fully saturated rings. The minimum atomic E-state index is -0.274. The molecule has 158 valence electrons. The molecule has 5 rings (SSSR count). The predicted octanol–water partition coefficient (Wildman–Crippen LogP) is 5.02. The van der Waals surface area contributed by atoms with Gasteiger partial charge in [-0.2, -0.15) is 10.1 Å². The number of hydrogen-bond acceptors (Lipinski definition) is 4. The Labute approximate surface area is 190 Å². The van der Waals surface area contributed by atoms with Gasteiger partial charge in [-0.25, -0.2) is 0 Å². The summed E-state index contributed by atoms with van der Waals surface area (Å²) in [6, 6.07) is 11.3. The number of aryl methyl sites for hydroxylation is 1. The zero-order chi connectivity index (χ0) is 21.7. The third-order valence-corrected chi connectivity index (χ3v) is 6.82. The monoisotopic (exact) mass is 454 g/mol. The molecule has 0 N–H and O–H groups in total. The quantitative estimate of drug-likeness (QED) is 0.361. The molecule has 1 aliphatic heterocycles. The number of allylic oxidation sites excluding steroid dienone is 2. The van der Waals surface area contributed by atoms with Crippen molar-refractivity contribution in [3.63, 3.8) is 0 Å². The highest BCUT2D eigenvalue weighted by molar-refractivity contribution is 6.37. The fraction of sp³-hybridized carbons (Fsp3) is 0.292. The highest BCUT2D eigenvalue weighted by Gasteiger charge is 2.59. The summed E-state index contributed by atoms with van der Waals surface area (Å²) in [6.45, 7) is 2.35. The van der Waals surface area contributed by atoms with E-state index in [2.05, 4.69) is 17.3 Å². The van der Waals surface area contributed by atoms with Gasteiger partial charge in [-0.1, -0.05) is 65.2 Å². The van der Waals surface area contributed by atoms with Crippen LogP contribution in [0.4, 0.5) is 0 Å². The molecule has 2 amide bonds. The molecule has 2 bridgehead atoms. The van der Waals surface area contributed by atoms with Crippen LogP contribution in [0.3, 0.4) is 0 Å². The Hall–Kier alpha value is -2.63. The fourth-order valence-corrected chi connectivity index (χ4v) is 5.49. The lowest BCUT2D eigenvalue weighted by Gasteiger charge is -2.13. The summed E-state index contributed by atoms with van der Waals surface area (Å²) in [5.74, 6) is -0.307. The van der Waals surface area contributed by atoms with E-state index in [-0.39, 0.29) is 35.5 Å². The largest absolute Gasteiger partial charge is 0.486 e. The maximum absolute atomic E-state index is 12.7. The van der Waals surface area contributed by atoms with E-state index in [1.807, 2.05) is 31.2 Å². The molecule has 1 saturated carbocycles. The number of nitrogens with zero attached hydrogens (tertiary/aromatic N) is 2. The zero-order valence-electron chi connectivity index (χ0n) is 16.8. The highest BCUT2D eigenvalue weighted by atomic mass is 35.5. The van der Waals surface area contributed by atoms with Gasteiger partial charge in [0, 0.05) is 0 Å². The number of hydrazone groups is 1. The van der Waals surface area contributed by atoms with Gasteiger partial charge in [-0.15, -0.1) is 0 Å². The number of halogens is 2. The summed E-state index contributed by atoms with van der Waals surface area (Å²) < 4.78 is 5.82. The average Bonchev–Trinajstić information content (AvgIpc) is 3.40. The Morgan fingerprint density at radius 2 is 1.71 bits per heavy atom. The lowest BCUT2D eigenvalue weighted by molar-refractivity contribution is -0.140. The molecule has 1 saturated heterocycles. The van der Waals surface area contributed by atoms with Crippen molar-refractivity contribution < 1.29 is 14.3 Å². The van der Waals surface area contributed by atoms with Crippen LogP contribution in [0.25, 0.3) is 0 Å². The van der Waals surface area contributed by atoms with Crippen LogP contribution in [0.1, 0.15) is 23.1 Å². The van der Waals surface area contributed by atoms with Crippen molar-refractivity contribution in [3.8, 4) is 5.75 Å². The molecule has 2 aliphatic carbocycles. The summed E-state index contributed by atoms with van der Waals surface area (Å²) >= 11 is 12.8. The SMILES string of the molecule is Cc1cccc(COc2c(Cl)cc(C=NN3C(=O)[C@@H]4[C@H](C3=O)[C@H]3C=C[C@H]4C3)cc2Cl)c1. The maximum Gasteiger partial charge on any atom is 0.254 e. The molecule has 0 unspecified atom stereocenters. The molecule has 5 nitrogen and oxygen atoms in total. The first-order valence-electron chi connectivity index (χ1n) is 10.2. The Morgan fingerprint density at radius 3 is 2.32 bits per heavy atom. The first kappa shape index (κ1) is 20.3. The molecule has 0 aromatic heterocycles. The van der Waals surface area contributed by atoms with Crippen LogP contribution in [0.5, 0.6) is 5.75 Å². The Balaban J connectivity index is 1.31. The number of fused-ring (bicyclic) bond motifs is 5. The third-order valence-electron chi connectivity index (χ3n) is 6.26. The first-order chi connectivity index (χ1) is 14.9. The molecular formula is C24H20Cl2N2O3. The summed E-state index contributed by atoms with van der Waals surface area (Å²) in [5.41, 5.74) is 2.73. The van der Waals surface area contributed by atoms with Crippen molar-refractivity contribution >= 4 is 41.2 Å². The highest BCUT2D eigenvalue weighted by Crippen LogP contribution is 2.52. The summed E-state index contributed by atoms with van der Waals surface area (Å²) in [6.07, 6.45) is 6.44. The van der Waals surface area contributed by atoms with Crippen molar-refractivity contribution in [2.24, 2.45) is 28.8 Å². The van der Waals surface area contributed by atoms with Crippen molar-refractivity contribution in [2.75, 3.05) is 0 Å². The van der Waals surface area contributed by atoms with Gasteiger partial charge in [0.2, 0.25) is 0 Å². The smallest absolute Gasteiger partial charge is 0.254 e. The van der Waals surface area contributed by atoms with Crippen LogP contribution < -0.4 is 4.74 Å². The van der Waals surface area contributed by atoms with Crippen molar-refractivity contribution in [1.82, 2.24) is 5.01 Å². The molecule has 2 aromatic carbocycles. The van der Waals surface area contributed by atoms with E-state index in [1.165, 1.54) is 6.21 Å². The number of ether oxygens (including phenoxy) is 1. The van der Waals surface area contributed by atoms with Crippen molar-refractivity contribution in [1.29, 1.82) is 0 Å². The van der Waals surface area contributed by atoms with E-state index in [0.29, 0.717) is 28.0 Å². The van der Waals surface area contributed by atoms with Gasteiger partial charge in [0.05, 0.1) is 28.1 Å². The molecule has 0 radical (unpaired) electrons. The van der Waals surface area contributed by atoms with Crippen LogP contribution in [-0.2, 0) is 16.2 Å². The van der Waals surface area contributed by atoms with E-state index in [4.69, 9.17) is 27.9 Å². The van der Waals surface area contributed by atoms with Crippen LogP contribution in [0, 0.1) is 30.6 Å².